The van der Waals surface area contributed by atoms with Crippen molar-refractivity contribution in [3.05, 3.63) is 23.9 Å². The number of aromatic nitrogens is 2. The van der Waals surface area contributed by atoms with Gasteiger partial charge in [0.05, 0.1) is 29.9 Å². The van der Waals surface area contributed by atoms with Crippen molar-refractivity contribution in [1.82, 2.24) is 19.8 Å². The first-order valence-electron chi connectivity index (χ1n) is 10.2. The molecular formula is C20H28FN9. The Bertz CT molecular complexity index is 896. The molecule has 160 valence electrons. The van der Waals surface area contributed by atoms with Crippen LogP contribution in [-0.4, -0.2) is 83.9 Å². The Labute approximate surface area is 176 Å². The second-order valence-electron chi connectivity index (χ2n) is 8.48. The van der Waals surface area contributed by atoms with Gasteiger partial charge in [-0.3, -0.25) is 14.8 Å². The maximum absolute atomic E-state index is 14.5. The first-order valence-corrected chi connectivity index (χ1v) is 10.2. The minimum atomic E-state index is -0.481. The number of likely N-dealkylation sites (N-methyl/N-ethyl adjacent to an activating group) is 1. The second kappa shape index (κ2) is 7.81. The Morgan fingerprint density at radius 2 is 2.17 bits per heavy atom. The predicted molar refractivity (Wildman–Crippen MR) is 114 cm³/mol. The monoisotopic (exact) mass is 413 g/mol. The Hall–Kier alpha value is -2.77. The minimum absolute atomic E-state index is 0.237. The number of piperazine rings is 1. The Morgan fingerprint density at radius 1 is 1.40 bits per heavy atom. The van der Waals surface area contributed by atoms with Crippen LogP contribution in [0.4, 0.5) is 16.2 Å². The topological polar surface area (TPSA) is 110 Å². The lowest BCUT2D eigenvalue weighted by atomic mass is 9.83. The molecule has 0 atom stereocenters. The summed E-state index contributed by atoms with van der Waals surface area (Å²) in [5.74, 6) is 0.00374. The number of halogens is 1. The van der Waals surface area contributed by atoms with E-state index >= 15 is 0 Å². The lowest BCUT2D eigenvalue weighted by molar-refractivity contribution is -0.0136. The summed E-state index contributed by atoms with van der Waals surface area (Å²) >= 11 is 0. The molecule has 10 heteroatoms. The van der Waals surface area contributed by atoms with Gasteiger partial charge in [0.25, 0.3) is 0 Å². The van der Waals surface area contributed by atoms with Crippen molar-refractivity contribution in [3.8, 4) is 6.07 Å². The summed E-state index contributed by atoms with van der Waals surface area (Å²) in [5.41, 5.74) is 6.09. The number of nitrogens with one attached hydrogen (secondary N) is 1. The van der Waals surface area contributed by atoms with Crippen LogP contribution in [0.5, 0.6) is 0 Å². The zero-order chi connectivity index (χ0) is 21.4. The molecule has 4 rings (SSSR count). The maximum Gasteiger partial charge on any atom is 0.229 e. The van der Waals surface area contributed by atoms with E-state index in [1.807, 2.05) is 4.90 Å². The summed E-state index contributed by atoms with van der Waals surface area (Å²) in [6, 6.07) is 2.36. The van der Waals surface area contributed by atoms with Crippen molar-refractivity contribution >= 4 is 18.0 Å². The zero-order valence-electron chi connectivity index (χ0n) is 17.5. The molecule has 3 N–H and O–H groups in total. The molecule has 0 radical (unpaired) electrons. The third-order valence-electron chi connectivity index (χ3n) is 6.61. The summed E-state index contributed by atoms with van der Waals surface area (Å²) in [5, 5.41) is 12.4. The molecule has 2 aliphatic heterocycles. The van der Waals surface area contributed by atoms with Gasteiger partial charge < -0.3 is 16.0 Å². The van der Waals surface area contributed by atoms with Crippen molar-refractivity contribution in [3.63, 3.8) is 0 Å². The van der Waals surface area contributed by atoms with Gasteiger partial charge in [0, 0.05) is 57.7 Å². The number of nitriles is 1. The smallest absolute Gasteiger partial charge is 0.229 e. The van der Waals surface area contributed by atoms with Gasteiger partial charge in [-0.1, -0.05) is 0 Å². The number of anilines is 2. The highest BCUT2D eigenvalue weighted by atomic mass is 19.1. The van der Waals surface area contributed by atoms with E-state index in [4.69, 9.17) is 5.73 Å². The van der Waals surface area contributed by atoms with Crippen molar-refractivity contribution in [2.24, 2.45) is 10.7 Å². The average molecular weight is 414 g/mol. The molecule has 1 saturated carbocycles. The van der Waals surface area contributed by atoms with Crippen molar-refractivity contribution < 1.29 is 4.39 Å². The molecule has 1 spiro atoms. The summed E-state index contributed by atoms with van der Waals surface area (Å²) in [7, 11) is 3.81. The van der Waals surface area contributed by atoms with E-state index < -0.39 is 5.82 Å². The second-order valence-corrected chi connectivity index (χ2v) is 8.48. The molecule has 30 heavy (non-hydrogen) atoms. The molecule has 0 unspecified atom stereocenters. The molecule has 9 nitrogen and oxygen atoms in total. The fourth-order valence-electron chi connectivity index (χ4n) is 4.56. The quantitative estimate of drug-likeness (QED) is 0.659. The van der Waals surface area contributed by atoms with Crippen LogP contribution >= 0.6 is 0 Å². The number of rotatable bonds is 6. The molecule has 1 aromatic heterocycles. The van der Waals surface area contributed by atoms with Gasteiger partial charge >= 0.3 is 0 Å². The normalized spacial score (nSPS) is 23.4. The van der Waals surface area contributed by atoms with Crippen LogP contribution in [0.25, 0.3) is 0 Å². The third-order valence-corrected chi connectivity index (χ3v) is 6.61. The molecule has 1 aliphatic carbocycles. The van der Waals surface area contributed by atoms with Gasteiger partial charge in [-0.05, 0) is 19.9 Å². The molecular weight excluding hydrogens is 385 g/mol. The van der Waals surface area contributed by atoms with Crippen LogP contribution in [0, 0.1) is 17.1 Å². The van der Waals surface area contributed by atoms with Crippen molar-refractivity contribution in [1.29, 1.82) is 5.26 Å². The molecule has 3 heterocycles. The minimum Gasteiger partial charge on any atom is -0.403 e. The van der Waals surface area contributed by atoms with E-state index in [1.165, 1.54) is 25.3 Å². The molecule has 3 aliphatic rings. The molecule has 3 fully saturated rings. The fraction of sp³-hybridized carbons (Fsp3) is 0.600. The van der Waals surface area contributed by atoms with Crippen LogP contribution < -0.4 is 16.0 Å². The third kappa shape index (κ3) is 3.59. The first-order chi connectivity index (χ1) is 14.4. The van der Waals surface area contributed by atoms with Crippen LogP contribution in [0.2, 0.25) is 0 Å². The standard InChI is InChI=1S/C20H28FN9/c1-24-10-15(9-23)26-18-25-11-16(21)17(27-18)29-12-20(13-29,5-6-22)30-8-7-28(2)19(14-30)3-4-19/h9-11H,3-5,7-8,12-14,23H2,1-2H3,(H,25,26,27)/b15-9+,24-10?. The average Bonchev–Trinajstić information content (AvgIpc) is 3.48. The van der Waals surface area contributed by atoms with E-state index in [-0.39, 0.29) is 22.8 Å². The van der Waals surface area contributed by atoms with E-state index in [0.29, 0.717) is 25.2 Å². The first kappa shape index (κ1) is 20.5. The van der Waals surface area contributed by atoms with Crippen LogP contribution in [0.3, 0.4) is 0 Å². The highest BCUT2D eigenvalue weighted by molar-refractivity contribution is 5.81. The summed E-state index contributed by atoms with van der Waals surface area (Å²) in [6.07, 6.45) is 6.88. The Kier molecular flexibility index (Phi) is 5.34. The molecule has 1 aromatic rings. The Morgan fingerprint density at radius 3 is 2.80 bits per heavy atom. The SMILES string of the molecule is CN=C/C(=C\N)Nc1ncc(F)c(N2CC(CC#N)(N3CCN(C)C4(CC4)C3)C2)n1. The van der Waals surface area contributed by atoms with Crippen molar-refractivity contribution in [2.45, 2.75) is 30.3 Å². The Balaban J connectivity index is 1.50. The summed E-state index contributed by atoms with van der Waals surface area (Å²) < 4.78 is 14.5. The molecule has 0 bridgehead atoms. The van der Waals surface area contributed by atoms with Gasteiger partial charge in [0.15, 0.2) is 11.6 Å². The zero-order valence-corrected chi connectivity index (χ0v) is 17.5. The summed E-state index contributed by atoms with van der Waals surface area (Å²) in [6.45, 7) is 4.04. The van der Waals surface area contributed by atoms with Gasteiger partial charge in [-0.2, -0.15) is 10.2 Å². The van der Waals surface area contributed by atoms with E-state index in [2.05, 4.69) is 43.2 Å². The number of nitrogens with two attached hydrogens (primary N) is 1. The summed E-state index contributed by atoms with van der Waals surface area (Å²) in [4.78, 5) is 19.0. The lowest BCUT2D eigenvalue weighted by Gasteiger charge is -2.58. The van der Waals surface area contributed by atoms with E-state index in [1.54, 1.807) is 7.05 Å². The highest BCUT2D eigenvalue weighted by Gasteiger charge is 2.56. The molecule has 2 saturated heterocycles. The van der Waals surface area contributed by atoms with Gasteiger partial charge in [-0.15, -0.1) is 0 Å². The van der Waals surface area contributed by atoms with Crippen molar-refractivity contribution in [2.75, 3.05) is 57.0 Å². The van der Waals surface area contributed by atoms with E-state index in [0.717, 1.165) is 25.8 Å². The van der Waals surface area contributed by atoms with Gasteiger partial charge in [0.2, 0.25) is 5.95 Å². The number of allylic oxidation sites excluding steroid dienone is 1. The lowest BCUT2D eigenvalue weighted by Crippen LogP contribution is -2.74. The van der Waals surface area contributed by atoms with Crippen LogP contribution in [0.1, 0.15) is 19.3 Å². The largest absolute Gasteiger partial charge is 0.403 e. The molecule has 0 amide bonds. The van der Waals surface area contributed by atoms with Gasteiger partial charge in [0.1, 0.15) is 0 Å². The fourth-order valence-corrected chi connectivity index (χ4v) is 4.56. The number of aliphatic imine (C=N–C) groups is 1. The number of nitrogens with zero attached hydrogens (tertiary/aromatic N) is 7. The predicted octanol–water partition coefficient (Wildman–Crippen LogP) is 0.781. The molecule has 0 aromatic carbocycles. The van der Waals surface area contributed by atoms with Gasteiger partial charge in [-0.25, -0.2) is 9.37 Å². The highest BCUT2D eigenvalue weighted by Crippen LogP contribution is 2.46. The van der Waals surface area contributed by atoms with Crippen LogP contribution in [0.15, 0.2) is 23.1 Å². The maximum atomic E-state index is 14.5. The van der Waals surface area contributed by atoms with E-state index in [9.17, 15) is 9.65 Å². The number of hydrogen-bond acceptors (Lipinski definition) is 9. The number of hydrogen-bond donors (Lipinski definition) is 2. The van der Waals surface area contributed by atoms with Crippen LogP contribution in [-0.2, 0) is 0 Å².